The summed E-state index contributed by atoms with van der Waals surface area (Å²) < 4.78 is 54.5. The molecule has 1 amide bonds. The Labute approximate surface area is 272 Å². The minimum atomic E-state index is -4.79. The topological polar surface area (TPSA) is 101 Å². The quantitative estimate of drug-likeness (QED) is 0.110. The van der Waals surface area contributed by atoms with Crippen LogP contribution in [0.4, 0.5) is 13.2 Å². The first-order chi connectivity index (χ1) is 22.2. The first kappa shape index (κ1) is 33.0. The molecule has 3 N–H and O–H groups in total. The van der Waals surface area contributed by atoms with Crippen LogP contribution in [0.15, 0.2) is 113 Å². The van der Waals surface area contributed by atoms with E-state index in [1.54, 1.807) is 24.3 Å². The van der Waals surface area contributed by atoms with Gasteiger partial charge in [0.1, 0.15) is 11.5 Å². The normalized spacial score (nSPS) is 17.6. The predicted octanol–water partition coefficient (Wildman–Crippen LogP) is 6.43. The van der Waals surface area contributed by atoms with E-state index in [-0.39, 0.29) is 31.2 Å². The van der Waals surface area contributed by atoms with Crippen molar-refractivity contribution in [1.29, 1.82) is 0 Å². The molecule has 5 rings (SSSR count). The highest BCUT2D eigenvalue weighted by molar-refractivity contribution is 9.10. The number of aliphatic hydroxyl groups excluding tert-OH is 1. The predicted molar refractivity (Wildman–Crippen MR) is 169 cm³/mol. The first-order valence-corrected chi connectivity index (χ1v) is 15.2. The lowest BCUT2D eigenvalue weighted by Gasteiger charge is -2.31. The van der Waals surface area contributed by atoms with Crippen molar-refractivity contribution in [1.82, 2.24) is 10.9 Å². The van der Waals surface area contributed by atoms with E-state index in [4.69, 9.17) is 19.6 Å². The molecule has 0 unspecified atom stereocenters. The number of nitrogens with zero attached hydrogens (tertiary/aromatic N) is 1. The van der Waals surface area contributed by atoms with Crippen LogP contribution < -0.4 is 20.3 Å². The number of alkyl halides is 3. The summed E-state index contributed by atoms with van der Waals surface area (Å²) in [5, 5.41) is 9.03. The third-order valence-electron chi connectivity index (χ3n) is 7.19. The Kier molecular flexibility index (Phi) is 10.6. The van der Waals surface area contributed by atoms with E-state index in [2.05, 4.69) is 31.5 Å². The second-order valence-electron chi connectivity index (χ2n) is 10.5. The van der Waals surface area contributed by atoms with Gasteiger partial charge in [0.2, 0.25) is 5.90 Å². The highest BCUT2D eigenvalue weighted by atomic mass is 79.9. The smallest absolute Gasteiger partial charge is 0.494 e. The van der Waals surface area contributed by atoms with E-state index < -0.39 is 23.9 Å². The summed E-state index contributed by atoms with van der Waals surface area (Å²) in [7, 11) is 0. The molecule has 0 saturated heterocycles. The zero-order valence-electron chi connectivity index (χ0n) is 24.5. The molecular formula is C34H31BrF3N3O5. The van der Waals surface area contributed by atoms with Crippen molar-refractivity contribution in [2.24, 2.45) is 4.99 Å². The summed E-state index contributed by atoms with van der Waals surface area (Å²) in [6.45, 7) is 0.521. The molecule has 1 heterocycles. The molecule has 240 valence electrons. The van der Waals surface area contributed by atoms with Crippen molar-refractivity contribution >= 4 is 27.7 Å². The highest BCUT2D eigenvalue weighted by Gasteiger charge is 2.54. The second kappa shape index (κ2) is 14.8. The summed E-state index contributed by atoms with van der Waals surface area (Å²) in [5.41, 5.74) is 7.04. The number of rotatable bonds is 13. The van der Waals surface area contributed by atoms with Crippen molar-refractivity contribution in [3.8, 4) is 11.5 Å². The Bertz CT molecular complexity index is 1640. The summed E-state index contributed by atoms with van der Waals surface area (Å²) in [4.78, 5) is 19.3. The largest absolute Gasteiger partial charge is 0.573 e. The van der Waals surface area contributed by atoms with Gasteiger partial charge < -0.3 is 19.3 Å². The lowest BCUT2D eigenvalue weighted by Crippen LogP contribution is -2.53. The standard InChI is InChI=1S/C34H31BrF3N3O5/c35-29-10-5-4-9-28(29)30-33(21-23-7-2-1-3-8-23,40-31(45-30)25-13-17-26(18-14-25)44-20-6-19-42)32(43)41-39-22-24-11-15-27(16-12-24)46-34(36,37)38/h1-5,7-18,30,39,42H,6,19-22H2,(H,41,43)/t30-,33-/m0/s1. The van der Waals surface area contributed by atoms with E-state index in [9.17, 15) is 18.0 Å². The van der Waals surface area contributed by atoms with Crippen molar-refractivity contribution in [3.63, 3.8) is 0 Å². The molecule has 0 aliphatic carbocycles. The Morgan fingerprint density at radius 2 is 1.59 bits per heavy atom. The molecule has 8 nitrogen and oxygen atoms in total. The van der Waals surface area contributed by atoms with Crippen LogP contribution in [-0.2, 0) is 22.5 Å². The summed E-state index contributed by atoms with van der Waals surface area (Å²) in [6, 6.07) is 29.4. The van der Waals surface area contributed by atoms with E-state index in [1.165, 1.54) is 24.3 Å². The molecule has 0 saturated carbocycles. The number of aliphatic imine (C=N–C) groups is 1. The monoisotopic (exact) mass is 697 g/mol. The molecule has 12 heteroatoms. The number of hydrogen-bond donors (Lipinski definition) is 3. The summed E-state index contributed by atoms with van der Waals surface area (Å²) in [5.74, 6) is 0.0869. The molecule has 0 radical (unpaired) electrons. The maximum absolute atomic E-state index is 14.3. The van der Waals surface area contributed by atoms with E-state index in [0.29, 0.717) is 29.9 Å². The van der Waals surface area contributed by atoms with Gasteiger partial charge in [0.15, 0.2) is 11.6 Å². The molecule has 46 heavy (non-hydrogen) atoms. The molecular weight excluding hydrogens is 667 g/mol. The van der Waals surface area contributed by atoms with Crippen LogP contribution in [0.5, 0.6) is 11.5 Å². The SMILES string of the molecule is O=C(NNCc1ccc(OC(F)(F)F)cc1)[C@@]1(Cc2ccccc2)N=C(c2ccc(OCCCO)cc2)O[C@H]1c1ccccc1Br. The number of ether oxygens (including phenoxy) is 3. The summed E-state index contributed by atoms with van der Waals surface area (Å²) in [6.07, 6.45) is -4.92. The first-order valence-electron chi connectivity index (χ1n) is 14.4. The van der Waals surface area contributed by atoms with Gasteiger partial charge in [-0.15, -0.1) is 13.2 Å². The Morgan fingerprint density at radius 1 is 0.913 bits per heavy atom. The Balaban J connectivity index is 1.45. The number of aliphatic hydroxyl groups is 1. The van der Waals surface area contributed by atoms with Crippen LogP contribution in [0, 0.1) is 0 Å². The number of benzene rings is 4. The van der Waals surface area contributed by atoms with Crippen LogP contribution in [0.25, 0.3) is 0 Å². The molecule has 0 aromatic heterocycles. The van der Waals surface area contributed by atoms with Gasteiger partial charge in [0, 0.05) is 41.6 Å². The maximum Gasteiger partial charge on any atom is 0.573 e. The Morgan fingerprint density at radius 3 is 2.26 bits per heavy atom. The zero-order chi connectivity index (χ0) is 32.6. The minimum absolute atomic E-state index is 0.0305. The molecule has 1 aliphatic rings. The average Bonchev–Trinajstić information content (AvgIpc) is 3.42. The minimum Gasteiger partial charge on any atom is -0.494 e. The second-order valence-corrected chi connectivity index (χ2v) is 11.3. The number of amides is 1. The number of carbonyl (C=O) groups excluding carboxylic acids is 1. The Hall–Kier alpha value is -4.39. The lowest BCUT2D eigenvalue weighted by molar-refractivity contribution is -0.274. The number of halogens is 4. The lowest BCUT2D eigenvalue weighted by atomic mass is 9.82. The fourth-order valence-corrected chi connectivity index (χ4v) is 5.49. The van der Waals surface area contributed by atoms with Gasteiger partial charge in [-0.05, 0) is 53.6 Å². The number of hydrazine groups is 1. The fourth-order valence-electron chi connectivity index (χ4n) is 5.00. The van der Waals surface area contributed by atoms with Crippen LogP contribution >= 0.6 is 15.9 Å². The molecule has 4 aromatic rings. The fraction of sp³-hybridized carbons (Fsp3) is 0.235. The van der Waals surface area contributed by atoms with Gasteiger partial charge in [-0.25, -0.2) is 10.4 Å². The van der Waals surface area contributed by atoms with E-state index in [1.807, 2.05) is 54.6 Å². The average molecular weight is 699 g/mol. The van der Waals surface area contributed by atoms with Crippen LogP contribution in [-0.4, -0.2) is 42.0 Å². The zero-order valence-corrected chi connectivity index (χ0v) is 26.1. The van der Waals surface area contributed by atoms with Crippen molar-refractivity contribution < 1.29 is 37.3 Å². The van der Waals surface area contributed by atoms with Crippen molar-refractivity contribution in [2.45, 2.75) is 37.4 Å². The van der Waals surface area contributed by atoms with Crippen LogP contribution in [0.3, 0.4) is 0 Å². The molecule has 0 fully saturated rings. The van der Waals surface area contributed by atoms with Crippen LogP contribution in [0.2, 0.25) is 0 Å². The highest BCUT2D eigenvalue weighted by Crippen LogP contribution is 2.44. The maximum atomic E-state index is 14.3. The number of carbonyl (C=O) groups is 1. The van der Waals surface area contributed by atoms with Gasteiger partial charge in [-0.2, -0.15) is 0 Å². The third kappa shape index (κ3) is 8.25. The number of nitrogens with one attached hydrogen (secondary N) is 2. The molecule has 1 aliphatic heterocycles. The third-order valence-corrected chi connectivity index (χ3v) is 7.91. The summed E-state index contributed by atoms with van der Waals surface area (Å²) >= 11 is 3.62. The molecule has 2 atom stereocenters. The van der Waals surface area contributed by atoms with Gasteiger partial charge in [-0.1, -0.05) is 76.6 Å². The van der Waals surface area contributed by atoms with Crippen LogP contribution in [0.1, 0.15) is 34.8 Å². The van der Waals surface area contributed by atoms with E-state index in [0.717, 1.165) is 15.6 Å². The van der Waals surface area contributed by atoms with Crippen molar-refractivity contribution in [2.75, 3.05) is 13.2 Å². The molecule has 0 spiro atoms. The molecule has 4 aromatic carbocycles. The van der Waals surface area contributed by atoms with Crippen molar-refractivity contribution in [3.05, 3.63) is 130 Å². The number of hydrogen-bond acceptors (Lipinski definition) is 7. The molecule has 0 bridgehead atoms. The van der Waals surface area contributed by atoms with Gasteiger partial charge in [0.05, 0.1) is 6.61 Å². The van der Waals surface area contributed by atoms with Gasteiger partial charge in [-0.3, -0.25) is 10.2 Å². The van der Waals surface area contributed by atoms with E-state index >= 15 is 0 Å². The van der Waals surface area contributed by atoms with Gasteiger partial charge in [0.25, 0.3) is 5.91 Å². The van der Waals surface area contributed by atoms with Gasteiger partial charge >= 0.3 is 6.36 Å².